The van der Waals surface area contributed by atoms with Crippen LogP contribution < -0.4 is 4.74 Å². The summed E-state index contributed by atoms with van der Waals surface area (Å²) < 4.78 is 11.0. The Balaban J connectivity index is 1.64. The Morgan fingerprint density at radius 2 is 2.21 bits per heavy atom. The molecule has 0 bridgehead atoms. The van der Waals surface area contributed by atoms with Crippen LogP contribution >= 0.6 is 0 Å². The number of likely N-dealkylation sites (N-methyl/N-ethyl adjacent to an activating group) is 1. The highest BCUT2D eigenvalue weighted by molar-refractivity contribution is 5.34. The molecule has 0 aromatic heterocycles. The molecule has 0 amide bonds. The van der Waals surface area contributed by atoms with Gasteiger partial charge in [-0.3, -0.25) is 0 Å². The number of benzene rings is 1. The van der Waals surface area contributed by atoms with Crippen LogP contribution in [0.15, 0.2) is 24.3 Å². The predicted octanol–water partition coefficient (Wildman–Crippen LogP) is 2.05. The molecule has 0 saturated carbocycles. The minimum Gasteiger partial charge on any atom is -0.494 e. The Morgan fingerprint density at radius 3 is 2.84 bits per heavy atom. The molecule has 1 heterocycles. The zero-order valence-corrected chi connectivity index (χ0v) is 11.3. The number of hydrogen-bond donors (Lipinski definition) is 0. The van der Waals surface area contributed by atoms with Gasteiger partial charge in [-0.2, -0.15) is 5.26 Å². The van der Waals surface area contributed by atoms with E-state index in [1.807, 2.05) is 12.1 Å². The van der Waals surface area contributed by atoms with Gasteiger partial charge in [0.25, 0.3) is 0 Å². The highest BCUT2D eigenvalue weighted by Crippen LogP contribution is 2.13. The Hall–Kier alpha value is -1.57. The molecule has 1 saturated heterocycles. The van der Waals surface area contributed by atoms with E-state index in [4.69, 9.17) is 14.7 Å². The van der Waals surface area contributed by atoms with Gasteiger partial charge in [0.15, 0.2) is 0 Å². The lowest BCUT2D eigenvalue weighted by Crippen LogP contribution is -2.33. The lowest BCUT2D eigenvalue weighted by atomic mass is 10.2. The van der Waals surface area contributed by atoms with Crippen molar-refractivity contribution in [1.82, 2.24) is 4.90 Å². The van der Waals surface area contributed by atoms with E-state index in [0.29, 0.717) is 18.2 Å². The van der Waals surface area contributed by atoms with E-state index in [1.54, 1.807) is 12.1 Å². The molecule has 4 nitrogen and oxygen atoms in total. The van der Waals surface area contributed by atoms with Crippen molar-refractivity contribution >= 4 is 0 Å². The van der Waals surface area contributed by atoms with E-state index < -0.39 is 0 Å². The number of ether oxygens (including phenoxy) is 2. The number of nitrogens with zero attached hydrogens (tertiary/aromatic N) is 2. The van der Waals surface area contributed by atoms with Crippen molar-refractivity contribution in [3.05, 3.63) is 29.8 Å². The maximum Gasteiger partial charge on any atom is 0.119 e. The average molecular weight is 260 g/mol. The standard InChI is InChI=1S/C15H20N2O2/c1-17(14-7-10-18-12-14)8-2-9-19-15-5-3-13(11-16)4-6-15/h3-6,14H,2,7-10,12H2,1H3. The summed E-state index contributed by atoms with van der Waals surface area (Å²) in [5.74, 6) is 0.825. The first kappa shape index (κ1) is 13.9. The summed E-state index contributed by atoms with van der Waals surface area (Å²) in [4.78, 5) is 2.34. The third kappa shape index (κ3) is 4.23. The zero-order chi connectivity index (χ0) is 13.5. The molecular weight excluding hydrogens is 240 g/mol. The maximum atomic E-state index is 8.70. The van der Waals surface area contributed by atoms with E-state index in [2.05, 4.69) is 18.0 Å². The number of hydrogen-bond acceptors (Lipinski definition) is 4. The first-order chi connectivity index (χ1) is 9.29. The Kier molecular flexibility index (Phi) is 5.20. The Bertz CT molecular complexity index is 419. The van der Waals surface area contributed by atoms with Gasteiger partial charge >= 0.3 is 0 Å². The summed E-state index contributed by atoms with van der Waals surface area (Å²) in [5, 5.41) is 8.70. The highest BCUT2D eigenvalue weighted by atomic mass is 16.5. The minimum atomic E-state index is 0.565. The van der Waals surface area contributed by atoms with E-state index in [-0.39, 0.29) is 0 Å². The molecule has 19 heavy (non-hydrogen) atoms. The number of rotatable bonds is 6. The molecule has 0 spiro atoms. The van der Waals surface area contributed by atoms with Crippen molar-refractivity contribution < 1.29 is 9.47 Å². The van der Waals surface area contributed by atoms with Crippen molar-refractivity contribution in [2.75, 3.05) is 33.4 Å². The van der Waals surface area contributed by atoms with Gasteiger partial charge in [0.05, 0.1) is 24.8 Å². The van der Waals surface area contributed by atoms with Crippen LogP contribution in [0.2, 0.25) is 0 Å². The second-order valence-electron chi connectivity index (χ2n) is 4.84. The van der Waals surface area contributed by atoms with Gasteiger partial charge in [-0.25, -0.2) is 0 Å². The van der Waals surface area contributed by atoms with Crippen LogP contribution in [0.3, 0.4) is 0 Å². The summed E-state index contributed by atoms with van der Waals surface area (Å²) in [7, 11) is 2.14. The van der Waals surface area contributed by atoms with Crippen LogP contribution in [0, 0.1) is 11.3 Å². The van der Waals surface area contributed by atoms with Crippen LogP contribution in [0.4, 0.5) is 0 Å². The zero-order valence-electron chi connectivity index (χ0n) is 11.3. The second kappa shape index (κ2) is 7.13. The molecule has 0 N–H and O–H groups in total. The largest absolute Gasteiger partial charge is 0.494 e. The summed E-state index contributed by atoms with van der Waals surface area (Å²) in [6.45, 7) is 3.46. The molecule has 0 aliphatic carbocycles. The van der Waals surface area contributed by atoms with Gasteiger partial charge < -0.3 is 14.4 Å². The average Bonchev–Trinajstić information content (AvgIpc) is 2.98. The van der Waals surface area contributed by atoms with Crippen LogP contribution in [0.1, 0.15) is 18.4 Å². The molecule has 0 radical (unpaired) electrons. The molecule has 1 aliphatic heterocycles. The van der Waals surface area contributed by atoms with Crippen molar-refractivity contribution in [3.63, 3.8) is 0 Å². The molecule has 1 unspecified atom stereocenters. The third-order valence-corrected chi connectivity index (χ3v) is 3.44. The lowest BCUT2D eigenvalue weighted by molar-refractivity contribution is 0.154. The molecule has 102 valence electrons. The van der Waals surface area contributed by atoms with Gasteiger partial charge in [0, 0.05) is 19.2 Å². The van der Waals surface area contributed by atoms with E-state index in [0.717, 1.165) is 38.3 Å². The fourth-order valence-corrected chi connectivity index (χ4v) is 2.18. The Labute approximate surface area is 114 Å². The summed E-state index contributed by atoms with van der Waals surface area (Å²) in [6, 6.07) is 9.89. The minimum absolute atomic E-state index is 0.565. The van der Waals surface area contributed by atoms with Crippen LogP contribution in [-0.2, 0) is 4.74 Å². The first-order valence-electron chi connectivity index (χ1n) is 6.70. The van der Waals surface area contributed by atoms with Gasteiger partial charge in [0.1, 0.15) is 5.75 Å². The molecule has 1 aliphatic rings. The maximum absolute atomic E-state index is 8.70. The topological polar surface area (TPSA) is 45.5 Å². The van der Waals surface area contributed by atoms with Crippen LogP contribution in [-0.4, -0.2) is 44.4 Å². The van der Waals surface area contributed by atoms with Crippen molar-refractivity contribution in [2.45, 2.75) is 18.9 Å². The molecular formula is C15H20N2O2. The fourth-order valence-electron chi connectivity index (χ4n) is 2.18. The van der Waals surface area contributed by atoms with Crippen molar-refractivity contribution in [1.29, 1.82) is 5.26 Å². The highest BCUT2D eigenvalue weighted by Gasteiger charge is 2.19. The third-order valence-electron chi connectivity index (χ3n) is 3.44. The second-order valence-corrected chi connectivity index (χ2v) is 4.84. The molecule has 1 atom stereocenters. The van der Waals surface area contributed by atoms with Gasteiger partial charge in [-0.15, -0.1) is 0 Å². The van der Waals surface area contributed by atoms with Crippen LogP contribution in [0.5, 0.6) is 5.75 Å². The van der Waals surface area contributed by atoms with E-state index >= 15 is 0 Å². The Morgan fingerprint density at radius 1 is 1.42 bits per heavy atom. The van der Waals surface area contributed by atoms with E-state index in [9.17, 15) is 0 Å². The summed E-state index contributed by atoms with van der Waals surface area (Å²) in [5.41, 5.74) is 0.660. The molecule has 4 heteroatoms. The van der Waals surface area contributed by atoms with Crippen LogP contribution in [0.25, 0.3) is 0 Å². The SMILES string of the molecule is CN(CCCOc1ccc(C#N)cc1)C1CCOC1. The summed E-state index contributed by atoms with van der Waals surface area (Å²) >= 11 is 0. The molecule has 1 aromatic carbocycles. The monoisotopic (exact) mass is 260 g/mol. The molecule has 2 rings (SSSR count). The molecule has 1 aromatic rings. The number of nitriles is 1. The van der Waals surface area contributed by atoms with Crippen molar-refractivity contribution in [3.8, 4) is 11.8 Å². The molecule has 1 fully saturated rings. The quantitative estimate of drug-likeness (QED) is 0.734. The predicted molar refractivity (Wildman–Crippen MR) is 73.1 cm³/mol. The lowest BCUT2D eigenvalue weighted by Gasteiger charge is -2.22. The summed E-state index contributed by atoms with van der Waals surface area (Å²) in [6.07, 6.45) is 2.12. The van der Waals surface area contributed by atoms with Gasteiger partial charge in [0.2, 0.25) is 0 Å². The normalized spacial score (nSPS) is 18.5. The van der Waals surface area contributed by atoms with Gasteiger partial charge in [-0.05, 0) is 44.2 Å². The smallest absolute Gasteiger partial charge is 0.119 e. The van der Waals surface area contributed by atoms with Gasteiger partial charge in [-0.1, -0.05) is 0 Å². The fraction of sp³-hybridized carbons (Fsp3) is 0.533. The van der Waals surface area contributed by atoms with Crippen molar-refractivity contribution in [2.24, 2.45) is 0 Å². The first-order valence-corrected chi connectivity index (χ1v) is 6.70. The van der Waals surface area contributed by atoms with E-state index in [1.165, 1.54) is 0 Å².